The second kappa shape index (κ2) is 4.03. The first-order valence-electron chi connectivity index (χ1n) is 3.96. The van der Waals surface area contributed by atoms with Gasteiger partial charge in [-0.25, -0.2) is 0 Å². The van der Waals surface area contributed by atoms with Crippen molar-refractivity contribution in [3.05, 3.63) is 33.9 Å². The number of nitrogen functional groups attached to an aromatic ring is 1. The molecule has 0 saturated carbocycles. The minimum atomic E-state index is -0.754. The van der Waals surface area contributed by atoms with Crippen LogP contribution in [0.2, 0.25) is 0 Å². The van der Waals surface area contributed by atoms with Crippen molar-refractivity contribution in [2.24, 2.45) is 5.73 Å². The van der Waals surface area contributed by atoms with Crippen molar-refractivity contribution >= 4 is 11.4 Å². The summed E-state index contributed by atoms with van der Waals surface area (Å²) in [6.07, 6.45) is 0. The molecule has 6 heteroatoms. The van der Waals surface area contributed by atoms with Gasteiger partial charge in [0.25, 0.3) is 5.69 Å². The Morgan fingerprint density at radius 2 is 2.21 bits per heavy atom. The Balaban J connectivity index is 3.21. The van der Waals surface area contributed by atoms with Crippen LogP contribution in [0.3, 0.4) is 0 Å². The highest BCUT2D eigenvalue weighted by Crippen LogP contribution is 2.25. The van der Waals surface area contributed by atoms with Gasteiger partial charge in [0.05, 0.1) is 17.6 Å². The summed E-state index contributed by atoms with van der Waals surface area (Å²) in [5.41, 5.74) is 11.3. The van der Waals surface area contributed by atoms with Crippen LogP contribution in [0.25, 0.3) is 0 Å². The summed E-state index contributed by atoms with van der Waals surface area (Å²) < 4.78 is 0. The molecule has 0 fully saturated rings. The van der Waals surface area contributed by atoms with E-state index in [4.69, 9.17) is 16.6 Å². The molecule has 1 rings (SSSR count). The fraction of sp³-hybridized carbons (Fsp3) is 0.250. The van der Waals surface area contributed by atoms with Gasteiger partial charge in [0.15, 0.2) is 0 Å². The Hall–Kier alpha value is -1.66. The predicted octanol–water partition coefficient (Wildman–Crippen LogP) is 0.169. The van der Waals surface area contributed by atoms with E-state index < -0.39 is 11.0 Å². The van der Waals surface area contributed by atoms with Crippen LogP contribution in [0.4, 0.5) is 11.4 Å². The van der Waals surface area contributed by atoms with E-state index in [1.165, 1.54) is 18.2 Å². The molecule has 0 aliphatic rings. The molecule has 0 aliphatic heterocycles. The van der Waals surface area contributed by atoms with Crippen LogP contribution in [0.1, 0.15) is 11.6 Å². The summed E-state index contributed by atoms with van der Waals surface area (Å²) in [7, 11) is 0. The minimum absolute atomic E-state index is 0.161. The summed E-state index contributed by atoms with van der Waals surface area (Å²) in [6.45, 7) is -0.343. The van der Waals surface area contributed by atoms with E-state index in [0.29, 0.717) is 5.69 Å². The Labute approximate surface area is 80.3 Å². The molecule has 6 nitrogen and oxygen atoms in total. The third-order valence-electron chi connectivity index (χ3n) is 1.85. The van der Waals surface area contributed by atoms with Gasteiger partial charge in [-0.3, -0.25) is 10.1 Å². The number of benzene rings is 1. The lowest BCUT2D eigenvalue weighted by molar-refractivity contribution is -0.385. The summed E-state index contributed by atoms with van der Waals surface area (Å²) in [6, 6.07) is 3.44. The van der Waals surface area contributed by atoms with Crippen LogP contribution in [0, 0.1) is 10.1 Å². The Bertz CT molecular complexity index is 354. The normalized spacial score (nSPS) is 12.4. The predicted molar refractivity (Wildman–Crippen MR) is 51.5 cm³/mol. The topological polar surface area (TPSA) is 115 Å². The third-order valence-corrected chi connectivity index (χ3v) is 1.85. The highest BCUT2D eigenvalue weighted by atomic mass is 16.6. The van der Waals surface area contributed by atoms with Crippen molar-refractivity contribution in [1.82, 2.24) is 0 Å². The molecule has 76 valence electrons. The average molecular weight is 197 g/mol. The van der Waals surface area contributed by atoms with Gasteiger partial charge < -0.3 is 16.6 Å². The molecule has 0 radical (unpaired) electrons. The highest BCUT2D eigenvalue weighted by Gasteiger charge is 2.18. The van der Waals surface area contributed by atoms with Crippen molar-refractivity contribution in [1.29, 1.82) is 0 Å². The number of anilines is 1. The number of nitrogens with two attached hydrogens (primary N) is 2. The number of nitro groups is 1. The van der Waals surface area contributed by atoms with Gasteiger partial charge in [0, 0.05) is 17.3 Å². The molecule has 0 aliphatic carbocycles. The van der Waals surface area contributed by atoms with E-state index in [1.54, 1.807) is 0 Å². The first-order valence-corrected chi connectivity index (χ1v) is 3.96. The first-order chi connectivity index (χ1) is 6.56. The summed E-state index contributed by atoms with van der Waals surface area (Å²) >= 11 is 0. The molecule has 1 unspecified atom stereocenters. The van der Waals surface area contributed by atoms with Gasteiger partial charge in [-0.15, -0.1) is 0 Å². The van der Waals surface area contributed by atoms with Gasteiger partial charge in [0.1, 0.15) is 0 Å². The van der Waals surface area contributed by atoms with Crippen molar-refractivity contribution in [3.63, 3.8) is 0 Å². The van der Waals surface area contributed by atoms with Crippen LogP contribution >= 0.6 is 0 Å². The number of hydrogen-bond acceptors (Lipinski definition) is 5. The fourth-order valence-corrected chi connectivity index (χ4v) is 1.13. The van der Waals surface area contributed by atoms with E-state index in [-0.39, 0.29) is 17.9 Å². The molecule has 1 aromatic carbocycles. The highest BCUT2D eigenvalue weighted by molar-refractivity contribution is 5.53. The average Bonchev–Trinajstić information content (AvgIpc) is 2.16. The smallest absolute Gasteiger partial charge is 0.276 e. The minimum Gasteiger partial charge on any atom is -0.399 e. The Kier molecular flexibility index (Phi) is 3.00. The number of hydrogen-bond donors (Lipinski definition) is 3. The van der Waals surface area contributed by atoms with Gasteiger partial charge in [-0.2, -0.15) is 0 Å². The lowest BCUT2D eigenvalue weighted by Crippen LogP contribution is -2.16. The number of nitro benzene ring substituents is 1. The van der Waals surface area contributed by atoms with E-state index in [0.717, 1.165) is 0 Å². The van der Waals surface area contributed by atoms with Crippen LogP contribution in [-0.2, 0) is 0 Å². The van der Waals surface area contributed by atoms with E-state index in [1.807, 2.05) is 0 Å². The molecule has 0 bridgehead atoms. The van der Waals surface area contributed by atoms with Crippen LogP contribution in [0.5, 0.6) is 0 Å². The SMILES string of the molecule is Nc1ccc(C(N)CO)c([N+](=O)[O-])c1. The molecular formula is C8H11N3O3. The van der Waals surface area contributed by atoms with Gasteiger partial charge >= 0.3 is 0 Å². The lowest BCUT2D eigenvalue weighted by atomic mass is 10.1. The zero-order valence-electron chi connectivity index (χ0n) is 7.38. The zero-order valence-corrected chi connectivity index (χ0v) is 7.38. The molecule has 1 aromatic rings. The first kappa shape index (κ1) is 10.4. The zero-order chi connectivity index (χ0) is 10.7. The lowest BCUT2D eigenvalue weighted by Gasteiger charge is -2.09. The molecule has 0 spiro atoms. The largest absolute Gasteiger partial charge is 0.399 e. The van der Waals surface area contributed by atoms with E-state index in [2.05, 4.69) is 0 Å². The molecule has 0 heterocycles. The molecule has 5 N–H and O–H groups in total. The monoisotopic (exact) mass is 197 g/mol. The Morgan fingerprint density at radius 3 is 2.71 bits per heavy atom. The fourth-order valence-electron chi connectivity index (χ4n) is 1.13. The molecule has 0 amide bonds. The van der Waals surface area contributed by atoms with Crippen molar-refractivity contribution in [2.45, 2.75) is 6.04 Å². The second-order valence-electron chi connectivity index (χ2n) is 2.86. The van der Waals surface area contributed by atoms with Crippen molar-refractivity contribution < 1.29 is 10.0 Å². The Morgan fingerprint density at radius 1 is 1.57 bits per heavy atom. The summed E-state index contributed by atoms with van der Waals surface area (Å²) in [5.74, 6) is 0. The number of aliphatic hydroxyl groups is 1. The van der Waals surface area contributed by atoms with Gasteiger partial charge in [-0.1, -0.05) is 0 Å². The molecule has 14 heavy (non-hydrogen) atoms. The summed E-state index contributed by atoms with van der Waals surface area (Å²) in [4.78, 5) is 10.0. The maximum atomic E-state index is 10.6. The maximum Gasteiger partial charge on any atom is 0.276 e. The second-order valence-corrected chi connectivity index (χ2v) is 2.86. The van der Waals surface area contributed by atoms with Crippen molar-refractivity contribution in [2.75, 3.05) is 12.3 Å². The molecular weight excluding hydrogens is 186 g/mol. The maximum absolute atomic E-state index is 10.6. The van der Waals surface area contributed by atoms with Crippen LogP contribution in [0.15, 0.2) is 18.2 Å². The summed E-state index contributed by atoms with van der Waals surface area (Å²) in [5, 5.41) is 19.4. The number of rotatable bonds is 3. The molecule has 0 saturated heterocycles. The number of nitrogens with zero attached hydrogens (tertiary/aromatic N) is 1. The molecule has 1 atom stereocenters. The van der Waals surface area contributed by atoms with Gasteiger partial charge in [-0.05, 0) is 12.1 Å². The molecule has 0 aromatic heterocycles. The van der Waals surface area contributed by atoms with Crippen LogP contribution in [-0.4, -0.2) is 16.6 Å². The van der Waals surface area contributed by atoms with E-state index in [9.17, 15) is 10.1 Å². The quantitative estimate of drug-likeness (QED) is 0.363. The van der Waals surface area contributed by atoms with Crippen LogP contribution < -0.4 is 11.5 Å². The van der Waals surface area contributed by atoms with E-state index >= 15 is 0 Å². The third kappa shape index (κ3) is 1.98. The van der Waals surface area contributed by atoms with Crippen molar-refractivity contribution in [3.8, 4) is 0 Å². The van der Waals surface area contributed by atoms with Gasteiger partial charge in [0.2, 0.25) is 0 Å². The number of aliphatic hydroxyl groups excluding tert-OH is 1. The standard InChI is InChI=1S/C8H11N3O3/c9-5-1-2-6(7(10)4-12)8(3-5)11(13)14/h1-3,7,12H,4,9-10H2.